The summed E-state index contributed by atoms with van der Waals surface area (Å²) in [5.74, 6) is 0. The van der Waals surface area contributed by atoms with Crippen LogP contribution < -0.4 is 4.72 Å². The monoisotopic (exact) mass is 289 g/mol. The van der Waals surface area contributed by atoms with Crippen LogP contribution in [0, 0.1) is 0 Å². The number of nitrogens with one attached hydrogen (secondary N) is 1. The van der Waals surface area contributed by atoms with E-state index in [-0.39, 0.29) is 15.8 Å². The van der Waals surface area contributed by atoms with Crippen LogP contribution in [0.5, 0.6) is 0 Å². The highest BCUT2D eigenvalue weighted by atomic mass is 35.5. The Kier molecular flexibility index (Phi) is 4.39. The first kappa shape index (κ1) is 13.2. The highest BCUT2D eigenvalue weighted by Gasteiger charge is 2.20. The summed E-state index contributed by atoms with van der Waals surface area (Å²) in [4.78, 5) is -0.0557. The Hall–Kier alpha value is 0.150. The second-order valence-corrected chi connectivity index (χ2v) is 6.91. The predicted molar refractivity (Wildman–Crippen MR) is 61.2 cm³/mol. The zero-order valence-corrected chi connectivity index (χ0v) is 10.8. The fraction of sp³-hybridized carbons (Fsp3) is 0.429. The van der Waals surface area contributed by atoms with E-state index in [1.165, 1.54) is 13.0 Å². The Balaban J connectivity index is 2.91. The highest BCUT2D eigenvalue weighted by Crippen LogP contribution is 2.33. The minimum Gasteiger partial charge on any atom is -0.392 e. The lowest BCUT2D eigenvalue weighted by Gasteiger charge is -2.06. The van der Waals surface area contributed by atoms with Crippen molar-refractivity contribution in [1.29, 1.82) is 0 Å². The van der Waals surface area contributed by atoms with Crippen molar-refractivity contribution in [3.05, 3.63) is 14.7 Å². The molecule has 1 rings (SSSR count). The molecule has 1 atom stereocenters. The van der Waals surface area contributed by atoms with Gasteiger partial charge in [-0.05, 0) is 13.0 Å². The van der Waals surface area contributed by atoms with Gasteiger partial charge in [0.2, 0.25) is 10.0 Å². The lowest BCUT2D eigenvalue weighted by atomic mass is 10.4. The van der Waals surface area contributed by atoms with Crippen LogP contribution in [0.2, 0.25) is 8.67 Å². The molecule has 0 saturated carbocycles. The molecule has 2 N–H and O–H groups in total. The molecule has 15 heavy (non-hydrogen) atoms. The second kappa shape index (κ2) is 4.99. The minimum absolute atomic E-state index is 0.0557. The van der Waals surface area contributed by atoms with E-state index in [1.54, 1.807) is 0 Å². The van der Waals surface area contributed by atoms with Gasteiger partial charge in [-0.1, -0.05) is 23.2 Å². The van der Waals surface area contributed by atoms with E-state index in [1.807, 2.05) is 0 Å². The first-order chi connectivity index (χ1) is 6.83. The van der Waals surface area contributed by atoms with Gasteiger partial charge in [0.25, 0.3) is 0 Å². The maximum Gasteiger partial charge on any atom is 0.243 e. The van der Waals surface area contributed by atoms with Gasteiger partial charge in [-0.25, -0.2) is 13.1 Å². The van der Waals surface area contributed by atoms with Gasteiger partial charge in [-0.3, -0.25) is 0 Å². The molecule has 0 amide bonds. The maximum absolute atomic E-state index is 11.6. The summed E-state index contributed by atoms with van der Waals surface area (Å²) in [5, 5.41) is 8.95. The third-order valence-corrected chi connectivity index (χ3v) is 4.66. The van der Waals surface area contributed by atoms with Crippen LogP contribution in [-0.2, 0) is 10.0 Å². The molecule has 0 saturated heterocycles. The van der Waals surface area contributed by atoms with Crippen molar-refractivity contribution >= 4 is 44.6 Å². The molecule has 0 unspecified atom stereocenters. The first-order valence-corrected chi connectivity index (χ1v) is 7.01. The van der Waals surface area contributed by atoms with Gasteiger partial charge in [0, 0.05) is 6.54 Å². The molecular weight excluding hydrogens is 281 g/mol. The lowest BCUT2D eigenvalue weighted by molar-refractivity contribution is 0.198. The fourth-order valence-corrected chi connectivity index (χ4v) is 4.09. The van der Waals surface area contributed by atoms with E-state index in [9.17, 15) is 8.42 Å². The molecule has 0 aliphatic heterocycles. The van der Waals surface area contributed by atoms with Crippen molar-refractivity contribution in [3.63, 3.8) is 0 Å². The number of thiophene rings is 1. The number of halogens is 2. The SMILES string of the molecule is C[C@H](O)CNS(=O)(=O)c1cc(Cl)sc1Cl. The van der Waals surface area contributed by atoms with E-state index in [0.29, 0.717) is 4.34 Å². The Morgan fingerprint density at radius 1 is 1.60 bits per heavy atom. The number of sulfonamides is 1. The van der Waals surface area contributed by atoms with Crippen LogP contribution in [0.4, 0.5) is 0 Å². The summed E-state index contributed by atoms with van der Waals surface area (Å²) in [6, 6.07) is 1.28. The Labute approximate surface area is 102 Å². The summed E-state index contributed by atoms with van der Waals surface area (Å²) in [6.07, 6.45) is -0.757. The number of aliphatic hydroxyl groups is 1. The maximum atomic E-state index is 11.6. The summed E-state index contributed by atoms with van der Waals surface area (Å²) in [7, 11) is -3.68. The van der Waals surface area contributed by atoms with Crippen molar-refractivity contribution in [2.45, 2.75) is 17.9 Å². The quantitative estimate of drug-likeness (QED) is 0.887. The Morgan fingerprint density at radius 3 is 2.60 bits per heavy atom. The standard InChI is InChI=1S/C7H9Cl2NO3S2/c1-4(11)3-10-15(12,13)5-2-6(8)14-7(5)9/h2,4,10-11H,3H2,1H3/t4-/m0/s1. The van der Waals surface area contributed by atoms with Gasteiger partial charge in [0.1, 0.15) is 9.23 Å². The molecule has 8 heteroatoms. The number of hydrogen-bond donors (Lipinski definition) is 2. The van der Waals surface area contributed by atoms with Crippen LogP contribution >= 0.6 is 34.5 Å². The van der Waals surface area contributed by atoms with Crippen molar-refractivity contribution in [3.8, 4) is 0 Å². The zero-order valence-electron chi connectivity index (χ0n) is 7.70. The summed E-state index contributed by atoms with van der Waals surface area (Å²) in [5.41, 5.74) is 0. The topological polar surface area (TPSA) is 66.4 Å². The number of rotatable bonds is 4. The largest absolute Gasteiger partial charge is 0.392 e. The first-order valence-electron chi connectivity index (χ1n) is 3.95. The molecule has 0 radical (unpaired) electrons. The van der Waals surface area contributed by atoms with Gasteiger partial charge < -0.3 is 5.11 Å². The van der Waals surface area contributed by atoms with E-state index in [0.717, 1.165) is 11.3 Å². The molecule has 0 spiro atoms. The Bertz CT molecular complexity index is 441. The molecular formula is C7H9Cl2NO3S2. The molecule has 0 aliphatic rings. The van der Waals surface area contributed by atoms with Gasteiger partial charge in [-0.2, -0.15) is 0 Å². The average Bonchev–Trinajstić information content (AvgIpc) is 2.43. The molecule has 0 aromatic carbocycles. The molecule has 0 aliphatic carbocycles. The summed E-state index contributed by atoms with van der Waals surface area (Å²) in [6.45, 7) is 1.41. The highest BCUT2D eigenvalue weighted by molar-refractivity contribution is 7.89. The lowest BCUT2D eigenvalue weighted by Crippen LogP contribution is -2.30. The molecule has 0 bridgehead atoms. The van der Waals surface area contributed by atoms with E-state index in [2.05, 4.69) is 4.72 Å². The average molecular weight is 290 g/mol. The number of aliphatic hydroxyl groups excluding tert-OH is 1. The molecule has 0 fully saturated rings. The van der Waals surface area contributed by atoms with E-state index < -0.39 is 16.1 Å². The smallest absolute Gasteiger partial charge is 0.243 e. The van der Waals surface area contributed by atoms with E-state index >= 15 is 0 Å². The molecule has 4 nitrogen and oxygen atoms in total. The van der Waals surface area contributed by atoms with Gasteiger partial charge in [0.15, 0.2) is 0 Å². The van der Waals surface area contributed by atoms with Crippen LogP contribution in [0.1, 0.15) is 6.92 Å². The van der Waals surface area contributed by atoms with Gasteiger partial charge >= 0.3 is 0 Å². The van der Waals surface area contributed by atoms with E-state index in [4.69, 9.17) is 28.3 Å². The van der Waals surface area contributed by atoms with Gasteiger partial charge in [0.05, 0.1) is 10.4 Å². The fourth-order valence-electron chi connectivity index (χ4n) is 0.816. The molecule has 1 aromatic rings. The normalized spacial score (nSPS) is 14.1. The molecule has 86 valence electrons. The number of hydrogen-bond acceptors (Lipinski definition) is 4. The third kappa shape index (κ3) is 3.58. The van der Waals surface area contributed by atoms with Crippen molar-refractivity contribution < 1.29 is 13.5 Å². The molecule has 1 aromatic heterocycles. The van der Waals surface area contributed by atoms with Crippen LogP contribution in [-0.4, -0.2) is 26.2 Å². The van der Waals surface area contributed by atoms with Crippen LogP contribution in [0.15, 0.2) is 11.0 Å². The zero-order chi connectivity index (χ0) is 11.6. The van der Waals surface area contributed by atoms with Crippen molar-refractivity contribution in [2.24, 2.45) is 0 Å². The molecule has 1 heterocycles. The summed E-state index contributed by atoms with van der Waals surface area (Å²) >= 11 is 12.3. The third-order valence-electron chi connectivity index (χ3n) is 1.48. The van der Waals surface area contributed by atoms with Crippen LogP contribution in [0.3, 0.4) is 0 Å². The van der Waals surface area contributed by atoms with Gasteiger partial charge in [-0.15, -0.1) is 11.3 Å². The van der Waals surface area contributed by atoms with Crippen molar-refractivity contribution in [1.82, 2.24) is 4.72 Å². The second-order valence-electron chi connectivity index (χ2n) is 2.89. The Morgan fingerprint density at radius 2 is 2.20 bits per heavy atom. The minimum atomic E-state index is -3.68. The predicted octanol–water partition coefficient (Wildman–Crippen LogP) is 1.71. The van der Waals surface area contributed by atoms with Crippen LogP contribution in [0.25, 0.3) is 0 Å². The summed E-state index contributed by atoms with van der Waals surface area (Å²) < 4.78 is 25.9. The van der Waals surface area contributed by atoms with Crippen molar-refractivity contribution in [2.75, 3.05) is 6.54 Å².